The van der Waals surface area contributed by atoms with Crippen molar-refractivity contribution >= 4 is 5.91 Å². The van der Waals surface area contributed by atoms with Crippen LogP contribution in [0.25, 0.3) is 0 Å². The average Bonchev–Trinajstić information content (AvgIpc) is 2.78. The number of aryl methyl sites for hydroxylation is 1. The normalized spacial score (nSPS) is 28.4. The molecule has 0 aromatic heterocycles. The highest BCUT2D eigenvalue weighted by Gasteiger charge is 2.50. The van der Waals surface area contributed by atoms with Crippen molar-refractivity contribution < 1.29 is 9.53 Å². The maximum atomic E-state index is 12.9. The van der Waals surface area contributed by atoms with Crippen molar-refractivity contribution in [3.05, 3.63) is 29.8 Å². The number of likely N-dealkylation sites (N-methyl/N-ethyl adjacent to an activating group) is 1. The van der Waals surface area contributed by atoms with Crippen LogP contribution in [0, 0.1) is 12.8 Å². The van der Waals surface area contributed by atoms with Gasteiger partial charge in [0.05, 0.1) is 0 Å². The largest absolute Gasteiger partial charge is 0.491 e. The van der Waals surface area contributed by atoms with Crippen molar-refractivity contribution in [2.45, 2.75) is 57.3 Å². The highest BCUT2D eigenvalue weighted by atomic mass is 16.5. The summed E-state index contributed by atoms with van der Waals surface area (Å²) < 4.78 is 6.02. The van der Waals surface area contributed by atoms with E-state index in [1.165, 1.54) is 32.1 Å². The summed E-state index contributed by atoms with van der Waals surface area (Å²) >= 11 is 0. The minimum absolute atomic E-state index is 0.0493. The van der Waals surface area contributed by atoms with Crippen LogP contribution < -0.4 is 15.8 Å². The Kier molecular flexibility index (Phi) is 5.11. The van der Waals surface area contributed by atoms with Crippen molar-refractivity contribution in [3.8, 4) is 5.75 Å². The molecule has 1 saturated heterocycles. The molecule has 2 aliphatic rings. The maximum Gasteiger partial charge on any atom is 0.248 e. The predicted octanol–water partition coefficient (Wildman–Crippen LogP) is 2.39. The molecule has 1 aliphatic heterocycles. The summed E-state index contributed by atoms with van der Waals surface area (Å²) in [5.41, 5.74) is 6.52. The summed E-state index contributed by atoms with van der Waals surface area (Å²) in [7, 11) is 1.76. The molecule has 3 N–H and O–H groups in total. The Morgan fingerprint density at radius 2 is 2.08 bits per heavy atom. The first-order valence-electron chi connectivity index (χ1n) is 9.00. The second-order valence-corrected chi connectivity index (χ2v) is 7.40. The van der Waals surface area contributed by atoms with Crippen molar-refractivity contribution in [1.82, 2.24) is 10.2 Å². The van der Waals surface area contributed by atoms with E-state index < -0.39 is 11.8 Å². The van der Waals surface area contributed by atoms with Gasteiger partial charge in [0.15, 0.2) is 0 Å². The lowest BCUT2D eigenvalue weighted by atomic mass is 9.79. The number of hydrogen-bond acceptors (Lipinski definition) is 4. The topological polar surface area (TPSA) is 67.6 Å². The number of nitrogens with one attached hydrogen (secondary N) is 1. The summed E-state index contributed by atoms with van der Waals surface area (Å²) in [6, 6.07) is 7.94. The minimum atomic E-state index is -0.708. The number of rotatable bonds is 5. The standard InChI is InChI=1S/C19H29N3O2/c1-14-7-6-10-16(11-14)24-13-19(12-15-8-4-3-5-9-15)17(23)22(2)18(20)21-19/h6-7,10-11,15,18,21H,3-5,8-9,12-13,20H2,1-2H3/t18-,19?/m0/s1. The molecule has 3 rings (SSSR count). The van der Waals surface area contributed by atoms with Gasteiger partial charge in [0.2, 0.25) is 5.91 Å². The van der Waals surface area contributed by atoms with E-state index in [0.29, 0.717) is 12.5 Å². The fourth-order valence-electron chi connectivity index (χ4n) is 4.01. The lowest BCUT2D eigenvalue weighted by molar-refractivity contribution is -0.133. The molecule has 1 amide bonds. The Morgan fingerprint density at radius 3 is 2.71 bits per heavy atom. The SMILES string of the molecule is Cc1cccc(OCC2(CC3CCCCC3)N[C@H](N)N(C)C2=O)c1. The van der Waals surface area contributed by atoms with Crippen LogP contribution in [0.4, 0.5) is 0 Å². The van der Waals surface area contributed by atoms with Crippen molar-refractivity contribution in [3.63, 3.8) is 0 Å². The molecule has 1 aromatic rings. The van der Waals surface area contributed by atoms with Gasteiger partial charge < -0.3 is 9.64 Å². The van der Waals surface area contributed by atoms with E-state index in [1.54, 1.807) is 11.9 Å². The first-order chi connectivity index (χ1) is 11.5. The first kappa shape index (κ1) is 17.2. The summed E-state index contributed by atoms with van der Waals surface area (Å²) in [6.45, 7) is 2.36. The number of nitrogens with two attached hydrogens (primary N) is 1. The molecule has 5 heteroatoms. The molecular weight excluding hydrogens is 302 g/mol. The molecule has 2 fully saturated rings. The number of hydrogen-bond donors (Lipinski definition) is 2. The van der Waals surface area contributed by atoms with E-state index in [2.05, 4.69) is 5.32 Å². The van der Waals surface area contributed by atoms with Crippen molar-refractivity contribution in [2.24, 2.45) is 11.7 Å². The van der Waals surface area contributed by atoms with Crippen LogP contribution in [-0.4, -0.2) is 36.3 Å². The Bertz CT molecular complexity index is 586. The third-order valence-electron chi connectivity index (χ3n) is 5.41. The molecule has 24 heavy (non-hydrogen) atoms. The van der Waals surface area contributed by atoms with E-state index in [9.17, 15) is 4.79 Å². The third-order valence-corrected chi connectivity index (χ3v) is 5.41. The molecule has 0 bridgehead atoms. The predicted molar refractivity (Wildman–Crippen MR) is 94.5 cm³/mol. The number of carbonyl (C=O) groups is 1. The zero-order valence-corrected chi connectivity index (χ0v) is 14.8. The van der Waals surface area contributed by atoms with Crippen LogP contribution in [0.15, 0.2) is 24.3 Å². The lowest BCUT2D eigenvalue weighted by Crippen LogP contribution is -2.54. The molecule has 132 valence electrons. The number of benzene rings is 1. The fourth-order valence-corrected chi connectivity index (χ4v) is 4.01. The summed E-state index contributed by atoms with van der Waals surface area (Å²) in [4.78, 5) is 14.5. The minimum Gasteiger partial charge on any atom is -0.491 e. The second-order valence-electron chi connectivity index (χ2n) is 7.40. The Hall–Kier alpha value is -1.59. The van der Waals surface area contributed by atoms with Gasteiger partial charge >= 0.3 is 0 Å². The lowest BCUT2D eigenvalue weighted by Gasteiger charge is -2.33. The molecule has 1 aromatic carbocycles. The molecule has 1 heterocycles. The van der Waals surface area contributed by atoms with Gasteiger partial charge in [0, 0.05) is 7.05 Å². The summed E-state index contributed by atoms with van der Waals surface area (Å²) in [5, 5.41) is 3.33. The van der Waals surface area contributed by atoms with Gasteiger partial charge in [-0.3, -0.25) is 15.8 Å². The highest BCUT2D eigenvalue weighted by molar-refractivity contribution is 5.88. The number of carbonyl (C=O) groups excluding carboxylic acids is 1. The number of amides is 1. The van der Waals surface area contributed by atoms with Crippen LogP contribution in [0.3, 0.4) is 0 Å². The summed E-state index contributed by atoms with van der Waals surface area (Å²) in [6.07, 6.45) is 6.58. The molecule has 1 aliphatic carbocycles. The molecular formula is C19H29N3O2. The second kappa shape index (κ2) is 7.11. The van der Waals surface area contributed by atoms with Gasteiger partial charge in [-0.2, -0.15) is 0 Å². The van der Waals surface area contributed by atoms with Crippen molar-refractivity contribution in [1.29, 1.82) is 0 Å². The van der Waals surface area contributed by atoms with Gasteiger partial charge in [-0.15, -0.1) is 0 Å². The Balaban J connectivity index is 1.75. The van der Waals surface area contributed by atoms with Crippen LogP contribution in [0.1, 0.15) is 44.1 Å². The van der Waals surface area contributed by atoms with E-state index in [0.717, 1.165) is 17.7 Å². The molecule has 5 nitrogen and oxygen atoms in total. The fraction of sp³-hybridized carbons (Fsp3) is 0.632. The van der Waals surface area contributed by atoms with Gasteiger partial charge in [-0.25, -0.2) is 0 Å². The van der Waals surface area contributed by atoms with Gasteiger partial charge in [-0.05, 0) is 37.0 Å². The highest BCUT2D eigenvalue weighted by Crippen LogP contribution is 2.34. The van der Waals surface area contributed by atoms with Crippen LogP contribution in [-0.2, 0) is 4.79 Å². The average molecular weight is 331 g/mol. The van der Waals surface area contributed by atoms with Gasteiger partial charge in [-0.1, -0.05) is 44.2 Å². The third kappa shape index (κ3) is 3.57. The van der Waals surface area contributed by atoms with Crippen LogP contribution in [0.2, 0.25) is 0 Å². The number of ether oxygens (including phenoxy) is 1. The molecule has 0 spiro atoms. The maximum absolute atomic E-state index is 12.9. The zero-order chi connectivity index (χ0) is 17.2. The van der Waals surface area contributed by atoms with E-state index in [-0.39, 0.29) is 5.91 Å². The van der Waals surface area contributed by atoms with E-state index >= 15 is 0 Å². The van der Waals surface area contributed by atoms with Gasteiger partial charge in [0.25, 0.3) is 0 Å². The monoisotopic (exact) mass is 331 g/mol. The van der Waals surface area contributed by atoms with Crippen LogP contribution >= 0.6 is 0 Å². The van der Waals surface area contributed by atoms with Gasteiger partial charge in [0.1, 0.15) is 24.2 Å². The zero-order valence-electron chi connectivity index (χ0n) is 14.8. The van der Waals surface area contributed by atoms with Crippen LogP contribution in [0.5, 0.6) is 5.75 Å². The molecule has 1 unspecified atom stereocenters. The Morgan fingerprint density at radius 1 is 1.33 bits per heavy atom. The smallest absolute Gasteiger partial charge is 0.248 e. The summed E-state index contributed by atoms with van der Waals surface area (Å²) in [5.74, 6) is 1.42. The number of nitrogens with zero attached hydrogens (tertiary/aromatic N) is 1. The molecule has 0 radical (unpaired) electrons. The van der Waals surface area contributed by atoms with E-state index in [1.807, 2.05) is 31.2 Å². The molecule has 1 saturated carbocycles. The van der Waals surface area contributed by atoms with Crippen molar-refractivity contribution in [2.75, 3.05) is 13.7 Å². The molecule has 2 atom stereocenters. The quantitative estimate of drug-likeness (QED) is 0.869. The Labute approximate surface area is 144 Å². The first-order valence-corrected chi connectivity index (χ1v) is 9.00. The van der Waals surface area contributed by atoms with E-state index in [4.69, 9.17) is 10.5 Å².